The van der Waals surface area contributed by atoms with Crippen LogP contribution in [0.3, 0.4) is 0 Å². The van der Waals surface area contributed by atoms with E-state index >= 15 is 0 Å². The number of nitrogens with zero attached hydrogens (tertiary/aromatic N) is 2. The summed E-state index contributed by atoms with van der Waals surface area (Å²) in [5.41, 5.74) is 2.96. The Morgan fingerprint density at radius 3 is 2.50 bits per heavy atom. The summed E-state index contributed by atoms with van der Waals surface area (Å²) in [6, 6.07) is 19.9. The first-order valence-electron chi connectivity index (χ1n) is 12.7. The highest BCUT2D eigenvalue weighted by atomic mass is 32.2. The molecule has 1 aliphatic rings. The van der Waals surface area contributed by atoms with Gasteiger partial charge in [0.15, 0.2) is 11.5 Å². The fourth-order valence-corrected chi connectivity index (χ4v) is 5.37. The second-order valence-electron chi connectivity index (χ2n) is 9.30. The molecule has 12 heteroatoms. The van der Waals surface area contributed by atoms with Gasteiger partial charge in [0, 0.05) is 34.8 Å². The Bertz CT molecular complexity index is 1660. The van der Waals surface area contributed by atoms with Crippen LogP contribution < -0.4 is 20.7 Å². The predicted octanol–water partition coefficient (Wildman–Crippen LogP) is 5.32. The van der Waals surface area contributed by atoms with Crippen molar-refractivity contribution in [1.82, 2.24) is 5.32 Å². The Kier molecular flexibility index (Phi) is 9.14. The van der Waals surface area contributed by atoms with Gasteiger partial charge in [0.2, 0.25) is 5.91 Å². The SMILES string of the molecule is COc1cc([C@@H]2C(C#N)=C(SCC(=O)Nc3ccc([N+](=O)[O-])cc3C)NC(C)=C2C(=O)Nc2ccccc2)ccc1O. The molecule has 42 heavy (non-hydrogen) atoms. The van der Waals surface area contributed by atoms with Crippen LogP contribution in [0.2, 0.25) is 0 Å². The number of aryl methyl sites for hydroxylation is 1. The normalized spacial score (nSPS) is 14.5. The molecule has 4 rings (SSSR count). The zero-order valence-corrected chi connectivity index (χ0v) is 23.7. The van der Waals surface area contributed by atoms with Crippen molar-refractivity contribution in [3.8, 4) is 17.6 Å². The zero-order chi connectivity index (χ0) is 30.4. The second-order valence-corrected chi connectivity index (χ2v) is 10.3. The number of nitriles is 1. The third-order valence-electron chi connectivity index (χ3n) is 6.50. The van der Waals surface area contributed by atoms with E-state index in [-0.39, 0.29) is 34.4 Å². The van der Waals surface area contributed by atoms with Gasteiger partial charge in [0.1, 0.15) is 0 Å². The Labute approximate surface area is 246 Å². The third-order valence-corrected chi connectivity index (χ3v) is 7.52. The third kappa shape index (κ3) is 6.54. The molecule has 3 aromatic rings. The molecule has 0 aromatic heterocycles. The number of carbonyl (C=O) groups is 2. The first-order chi connectivity index (χ1) is 20.1. The van der Waals surface area contributed by atoms with E-state index in [1.165, 1.54) is 31.4 Å². The number of non-ortho nitro benzene ring substituents is 1. The van der Waals surface area contributed by atoms with Gasteiger partial charge in [-0.15, -0.1) is 0 Å². The molecule has 11 nitrogen and oxygen atoms in total. The van der Waals surface area contributed by atoms with Crippen LogP contribution in [0.4, 0.5) is 17.1 Å². The van der Waals surface area contributed by atoms with Crippen molar-refractivity contribution >= 4 is 40.6 Å². The number of phenols is 1. The topological polar surface area (TPSA) is 167 Å². The van der Waals surface area contributed by atoms with Gasteiger partial charge in [-0.05, 0) is 55.3 Å². The van der Waals surface area contributed by atoms with E-state index in [1.54, 1.807) is 50.2 Å². The molecule has 0 saturated carbocycles. The molecule has 0 radical (unpaired) electrons. The lowest BCUT2D eigenvalue weighted by molar-refractivity contribution is -0.384. The van der Waals surface area contributed by atoms with Crippen LogP contribution in [-0.4, -0.2) is 34.7 Å². The number of dihydropyridines is 1. The number of methoxy groups -OCH3 is 1. The monoisotopic (exact) mass is 585 g/mol. The number of ether oxygens (including phenoxy) is 1. The van der Waals surface area contributed by atoms with Crippen molar-refractivity contribution in [3.05, 3.63) is 110 Å². The molecule has 4 N–H and O–H groups in total. The number of thioether (sulfide) groups is 1. The van der Waals surface area contributed by atoms with Gasteiger partial charge in [0.25, 0.3) is 11.6 Å². The van der Waals surface area contributed by atoms with Gasteiger partial charge in [-0.25, -0.2) is 0 Å². The number of anilines is 2. The van der Waals surface area contributed by atoms with E-state index in [9.17, 15) is 30.1 Å². The van der Waals surface area contributed by atoms with Crippen LogP contribution in [0.1, 0.15) is 24.0 Å². The fraction of sp³-hybridized carbons (Fsp3) is 0.167. The molecule has 3 aromatic carbocycles. The van der Waals surface area contributed by atoms with Gasteiger partial charge >= 0.3 is 0 Å². The molecule has 1 aliphatic heterocycles. The number of nitrogens with one attached hydrogen (secondary N) is 3. The molecule has 1 heterocycles. The number of benzene rings is 3. The van der Waals surface area contributed by atoms with Crippen molar-refractivity contribution in [2.75, 3.05) is 23.5 Å². The Morgan fingerprint density at radius 2 is 1.86 bits per heavy atom. The lowest BCUT2D eigenvalue weighted by Crippen LogP contribution is -2.31. The molecule has 2 amide bonds. The number of nitro benzene ring substituents is 1. The number of para-hydroxylation sites is 1. The summed E-state index contributed by atoms with van der Waals surface area (Å²) < 4.78 is 5.28. The maximum atomic E-state index is 13.6. The van der Waals surface area contributed by atoms with E-state index in [0.717, 1.165) is 11.8 Å². The Balaban J connectivity index is 1.64. The minimum Gasteiger partial charge on any atom is -0.504 e. The molecule has 214 valence electrons. The molecular weight excluding hydrogens is 558 g/mol. The number of allylic oxidation sites excluding steroid dienone is 2. The standard InChI is InChI=1S/C30H27N5O6S/c1-17-13-21(35(39)40)10-11-23(17)34-26(37)16-42-30-22(15-31)28(19-9-12-24(36)25(14-19)41-3)27(18(2)32-30)29(38)33-20-7-5-4-6-8-20/h4-14,28,32,36H,16H2,1-3H3,(H,33,38)(H,34,37)/t28-/m1/s1. The summed E-state index contributed by atoms with van der Waals surface area (Å²) in [5, 5.41) is 40.6. The molecule has 0 saturated heterocycles. The van der Waals surface area contributed by atoms with Crippen molar-refractivity contribution in [1.29, 1.82) is 5.26 Å². The highest BCUT2D eigenvalue weighted by Crippen LogP contribution is 2.43. The minimum absolute atomic E-state index is 0.0821. The van der Waals surface area contributed by atoms with Gasteiger partial charge in [-0.1, -0.05) is 36.0 Å². The molecule has 0 fully saturated rings. The Hall–Kier alpha value is -5.28. The molecular formula is C30H27N5O6S. The number of aromatic hydroxyl groups is 1. The number of carbonyl (C=O) groups excluding carboxylic acids is 2. The van der Waals surface area contributed by atoms with E-state index in [4.69, 9.17) is 4.74 Å². The van der Waals surface area contributed by atoms with Crippen molar-refractivity contribution in [2.45, 2.75) is 19.8 Å². The number of hydrogen-bond acceptors (Lipinski definition) is 9. The van der Waals surface area contributed by atoms with Crippen molar-refractivity contribution < 1.29 is 24.4 Å². The van der Waals surface area contributed by atoms with E-state index in [0.29, 0.717) is 38.8 Å². The van der Waals surface area contributed by atoms with Crippen molar-refractivity contribution in [2.24, 2.45) is 0 Å². The van der Waals surface area contributed by atoms with Crippen LogP contribution >= 0.6 is 11.8 Å². The first kappa shape index (κ1) is 29.7. The fourth-order valence-electron chi connectivity index (χ4n) is 4.48. The van der Waals surface area contributed by atoms with Crippen LogP contribution in [0, 0.1) is 28.4 Å². The van der Waals surface area contributed by atoms with Crippen LogP contribution in [0.5, 0.6) is 11.5 Å². The minimum atomic E-state index is -0.836. The smallest absolute Gasteiger partial charge is 0.269 e. The van der Waals surface area contributed by atoms with Gasteiger partial charge in [-0.2, -0.15) is 5.26 Å². The number of amides is 2. The largest absolute Gasteiger partial charge is 0.504 e. The second kappa shape index (κ2) is 12.9. The van der Waals surface area contributed by atoms with Gasteiger partial charge < -0.3 is 25.8 Å². The number of nitro groups is 1. The lowest BCUT2D eigenvalue weighted by Gasteiger charge is -2.30. The maximum absolute atomic E-state index is 13.6. The van der Waals surface area contributed by atoms with Crippen LogP contribution in [-0.2, 0) is 9.59 Å². The highest BCUT2D eigenvalue weighted by Gasteiger charge is 2.35. The summed E-state index contributed by atoms with van der Waals surface area (Å²) in [4.78, 5) is 36.9. The van der Waals surface area contributed by atoms with Gasteiger partial charge in [-0.3, -0.25) is 19.7 Å². The predicted molar refractivity (Wildman–Crippen MR) is 160 cm³/mol. The number of hydrogen-bond donors (Lipinski definition) is 4. The van der Waals surface area contributed by atoms with E-state index in [1.807, 2.05) is 6.07 Å². The van der Waals surface area contributed by atoms with Crippen LogP contribution in [0.15, 0.2) is 88.6 Å². The van der Waals surface area contributed by atoms with E-state index < -0.39 is 16.7 Å². The average molecular weight is 586 g/mol. The summed E-state index contributed by atoms with van der Waals surface area (Å²) in [6.45, 7) is 3.36. The first-order valence-corrected chi connectivity index (χ1v) is 13.6. The highest BCUT2D eigenvalue weighted by molar-refractivity contribution is 8.03. The molecule has 0 spiro atoms. The molecule has 1 atom stereocenters. The quantitative estimate of drug-likeness (QED) is 0.192. The molecule has 0 unspecified atom stereocenters. The average Bonchev–Trinajstić information content (AvgIpc) is 2.97. The maximum Gasteiger partial charge on any atom is 0.269 e. The number of phenolic OH excluding ortho intramolecular Hbond substituents is 1. The number of rotatable bonds is 9. The van der Waals surface area contributed by atoms with Crippen LogP contribution in [0.25, 0.3) is 0 Å². The van der Waals surface area contributed by atoms with Crippen molar-refractivity contribution in [3.63, 3.8) is 0 Å². The van der Waals surface area contributed by atoms with Gasteiger partial charge in [0.05, 0.1) is 40.4 Å². The summed E-state index contributed by atoms with van der Waals surface area (Å²) in [5.74, 6) is -1.66. The lowest BCUT2D eigenvalue weighted by atomic mass is 9.82. The molecule has 0 bridgehead atoms. The summed E-state index contributed by atoms with van der Waals surface area (Å²) in [7, 11) is 1.40. The molecule has 0 aliphatic carbocycles. The summed E-state index contributed by atoms with van der Waals surface area (Å²) >= 11 is 1.08. The summed E-state index contributed by atoms with van der Waals surface area (Å²) in [6.07, 6.45) is 0. The van der Waals surface area contributed by atoms with E-state index in [2.05, 4.69) is 22.0 Å². The Morgan fingerprint density at radius 1 is 1.12 bits per heavy atom. The zero-order valence-electron chi connectivity index (χ0n) is 22.9.